The highest BCUT2D eigenvalue weighted by Crippen LogP contribution is 2.30. The average molecular weight is 234 g/mol. The Labute approximate surface area is 98.3 Å². The maximum absolute atomic E-state index is 6.02. The van der Waals surface area contributed by atoms with Gasteiger partial charge >= 0.3 is 0 Å². The zero-order valence-electron chi connectivity index (χ0n) is 8.76. The lowest BCUT2D eigenvalue weighted by Gasteiger charge is -2.12. The van der Waals surface area contributed by atoms with Gasteiger partial charge in [0.1, 0.15) is 0 Å². The molecule has 3 rings (SSSR count). The van der Waals surface area contributed by atoms with Crippen molar-refractivity contribution in [3.63, 3.8) is 0 Å². The lowest BCUT2D eigenvalue weighted by atomic mass is 9.94. The van der Waals surface area contributed by atoms with Crippen molar-refractivity contribution >= 4 is 28.2 Å². The first kappa shape index (κ1) is 9.73. The SMILES string of the molecule is N/N=C1/CCCc2c1[nH]c1ccc(Cl)cc21. The maximum atomic E-state index is 6.02. The second kappa shape index (κ2) is 3.52. The van der Waals surface area contributed by atoms with Gasteiger partial charge in [-0.2, -0.15) is 5.10 Å². The minimum atomic E-state index is 0.770. The summed E-state index contributed by atoms with van der Waals surface area (Å²) >= 11 is 6.02. The van der Waals surface area contributed by atoms with E-state index in [0.29, 0.717) is 0 Å². The molecule has 3 nitrogen and oxygen atoms in total. The molecule has 2 aromatic rings. The van der Waals surface area contributed by atoms with Crippen molar-refractivity contribution < 1.29 is 0 Å². The van der Waals surface area contributed by atoms with Crippen LogP contribution in [0.25, 0.3) is 10.9 Å². The standard InChI is InChI=1S/C12H12ClN3/c13-7-4-5-10-9(6-7)8-2-1-3-11(16-14)12(8)15-10/h4-6,15H,1-3,14H2/b16-11-. The normalized spacial score (nSPS) is 17.9. The Morgan fingerprint density at radius 3 is 3.00 bits per heavy atom. The first-order valence-corrected chi connectivity index (χ1v) is 5.74. The molecule has 1 aromatic heterocycles. The summed E-state index contributed by atoms with van der Waals surface area (Å²) in [5.74, 6) is 5.41. The van der Waals surface area contributed by atoms with Gasteiger partial charge in [-0.15, -0.1) is 0 Å². The Morgan fingerprint density at radius 1 is 1.31 bits per heavy atom. The number of benzene rings is 1. The molecule has 0 saturated heterocycles. The van der Waals surface area contributed by atoms with Crippen molar-refractivity contribution in [2.24, 2.45) is 10.9 Å². The Balaban J connectivity index is 2.33. The molecule has 1 aliphatic rings. The van der Waals surface area contributed by atoms with Gasteiger partial charge in [-0.05, 0) is 43.0 Å². The number of nitrogens with one attached hydrogen (secondary N) is 1. The molecule has 0 bridgehead atoms. The topological polar surface area (TPSA) is 54.2 Å². The molecule has 3 N–H and O–H groups in total. The van der Waals surface area contributed by atoms with Gasteiger partial charge in [-0.1, -0.05) is 11.6 Å². The van der Waals surface area contributed by atoms with Crippen LogP contribution in [-0.4, -0.2) is 10.7 Å². The number of rotatable bonds is 0. The lowest BCUT2D eigenvalue weighted by Crippen LogP contribution is -2.12. The van der Waals surface area contributed by atoms with Crippen LogP contribution in [0.5, 0.6) is 0 Å². The lowest BCUT2D eigenvalue weighted by molar-refractivity contribution is 0.837. The fourth-order valence-corrected chi connectivity index (χ4v) is 2.58. The number of fused-ring (bicyclic) bond motifs is 3. The van der Waals surface area contributed by atoms with Crippen molar-refractivity contribution in [1.82, 2.24) is 4.98 Å². The van der Waals surface area contributed by atoms with Crippen molar-refractivity contribution in [3.05, 3.63) is 34.5 Å². The quantitative estimate of drug-likeness (QED) is 0.534. The first-order chi connectivity index (χ1) is 7.79. The van der Waals surface area contributed by atoms with E-state index in [1.807, 2.05) is 18.2 Å². The van der Waals surface area contributed by atoms with E-state index in [1.54, 1.807) is 0 Å². The largest absolute Gasteiger partial charge is 0.353 e. The Kier molecular flexibility index (Phi) is 2.14. The minimum absolute atomic E-state index is 0.770. The number of halogens is 1. The highest BCUT2D eigenvalue weighted by molar-refractivity contribution is 6.31. The number of nitrogens with two attached hydrogens (primary N) is 1. The second-order valence-corrected chi connectivity index (χ2v) is 4.53. The highest BCUT2D eigenvalue weighted by Gasteiger charge is 2.20. The fourth-order valence-electron chi connectivity index (χ4n) is 2.41. The van der Waals surface area contributed by atoms with Crippen LogP contribution >= 0.6 is 11.6 Å². The highest BCUT2D eigenvalue weighted by atomic mass is 35.5. The van der Waals surface area contributed by atoms with Crippen molar-refractivity contribution in [3.8, 4) is 0 Å². The van der Waals surface area contributed by atoms with Gasteiger partial charge in [0.2, 0.25) is 0 Å². The summed E-state index contributed by atoms with van der Waals surface area (Å²) in [4.78, 5) is 3.37. The van der Waals surface area contributed by atoms with Gasteiger partial charge in [0.05, 0.1) is 11.4 Å². The predicted molar refractivity (Wildman–Crippen MR) is 67.0 cm³/mol. The van der Waals surface area contributed by atoms with Crippen LogP contribution in [0.3, 0.4) is 0 Å². The zero-order valence-corrected chi connectivity index (χ0v) is 9.51. The van der Waals surface area contributed by atoms with Gasteiger partial charge in [-0.25, -0.2) is 0 Å². The molecule has 0 saturated carbocycles. The summed E-state index contributed by atoms with van der Waals surface area (Å²) in [6.07, 6.45) is 3.11. The number of H-pyrrole nitrogens is 1. The molecule has 1 aliphatic carbocycles. The second-order valence-electron chi connectivity index (χ2n) is 4.10. The summed E-state index contributed by atoms with van der Waals surface area (Å²) < 4.78 is 0. The number of hydrogen-bond acceptors (Lipinski definition) is 2. The van der Waals surface area contributed by atoms with Crippen LogP contribution < -0.4 is 5.84 Å². The Morgan fingerprint density at radius 2 is 2.19 bits per heavy atom. The zero-order chi connectivity index (χ0) is 11.1. The molecule has 0 fully saturated rings. The van der Waals surface area contributed by atoms with E-state index < -0.39 is 0 Å². The first-order valence-electron chi connectivity index (χ1n) is 5.37. The molecule has 1 heterocycles. The molecule has 82 valence electrons. The molecule has 0 unspecified atom stereocenters. The monoisotopic (exact) mass is 233 g/mol. The number of aryl methyl sites for hydroxylation is 1. The Hall–Kier alpha value is -1.48. The van der Waals surface area contributed by atoms with E-state index in [1.165, 1.54) is 10.9 Å². The van der Waals surface area contributed by atoms with Gasteiger partial charge in [0.15, 0.2) is 0 Å². The summed E-state index contributed by atoms with van der Waals surface area (Å²) in [5.41, 5.74) is 4.46. The summed E-state index contributed by atoms with van der Waals surface area (Å²) in [6, 6.07) is 5.90. The number of hydrazone groups is 1. The van der Waals surface area contributed by atoms with E-state index in [4.69, 9.17) is 17.4 Å². The summed E-state index contributed by atoms with van der Waals surface area (Å²) in [5, 5.41) is 5.83. The molecular weight excluding hydrogens is 222 g/mol. The summed E-state index contributed by atoms with van der Waals surface area (Å²) in [6.45, 7) is 0. The third-order valence-electron chi connectivity index (χ3n) is 3.15. The van der Waals surface area contributed by atoms with Crippen LogP contribution in [0.2, 0.25) is 5.02 Å². The van der Waals surface area contributed by atoms with Crippen molar-refractivity contribution in [1.29, 1.82) is 0 Å². The van der Waals surface area contributed by atoms with Crippen LogP contribution in [0.15, 0.2) is 23.3 Å². The third-order valence-corrected chi connectivity index (χ3v) is 3.39. The Bertz CT molecular complexity index is 583. The van der Waals surface area contributed by atoms with Gasteiger partial charge in [0.25, 0.3) is 0 Å². The van der Waals surface area contributed by atoms with Gasteiger partial charge in [-0.3, -0.25) is 0 Å². The van der Waals surface area contributed by atoms with Gasteiger partial charge < -0.3 is 10.8 Å². The minimum Gasteiger partial charge on any atom is -0.353 e. The third kappa shape index (κ3) is 1.32. The molecule has 0 radical (unpaired) electrons. The number of aromatic amines is 1. The molecule has 0 spiro atoms. The van der Waals surface area contributed by atoms with Crippen LogP contribution in [-0.2, 0) is 6.42 Å². The molecular formula is C12H12ClN3. The molecule has 0 amide bonds. The van der Waals surface area contributed by atoms with Crippen LogP contribution in [0.1, 0.15) is 24.1 Å². The predicted octanol–water partition coefficient (Wildman–Crippen LogP) is 2.82. The van der Waals surface area contributed by atoms with Crippen molar-refractivity contribution in [2.75, 3.05) is 0 Å². The molecule has 0 atom stereocenters. The van der Waals surface area contributed by atoms with E-state index >= 15 is 0 Å². The van der Waals surface area contributed by atoms with Gasteiger partial charge in [0, 0.05) is 15.9 Å². The molecule has 0 aliphatic heterocycles. The molecule has 1 aromatic carbocycles. The molecule has 4 heteroatoms. The fraction of sp³-hybridized carbons (Fsp3) is 0.250. The van der Waals surface area contributed by atoms with E-state index in [9.17, 15) is 0 Å². The number of nitrogens with zero attached hydrogens (tertiary/aromatic N) is 1. The number of aromatic nitrogens is 1. The maximum Gasteiger partial charge on any atom is 0.0837 e. The summed E-state index contributed by atoms with van der Waals surface area (Å²) in [7, 11) is 0. The van der Waals surface area contributed by atoms with Crippen molar-refractivity contribution in [2.45, 2.75) is 19.3 Å². The van der Waals surface area contributed by atoms with E-state index in [0.717, 1.165) is 41.2 Å². The van der Waals surface area contributed by atoms with E-state index in [-0.39, 0.29) is 0 Å². The average Bonchev–Trinajstić information content (AvgIpc) is 2.67. The molecule has 16 heavy (non-hydrogen) atoms. The number of hydrogen-bond donors (Lipinski definition) is 2. The van der Waals surface area contributed by atoms with E-state index in [2.05, 4.69) is 10.1 Å². The van der Waals surface area contributed by atoms with Crippen LogP contribution in [0.4, 0.5) is 0 Å². The van der Waals surface area contributed by atoms with Crippen LogP contribution in [0, 0.1) is 0 Å². The smallest absolute Gasteiger partial charge is 0.0837 e.